The first-order valence-corrected chi connectivity index (χ1v) is 5.32. The van der Waals surface area contributed by atoms with Gasteiger partial charge in [0, 0.05) is 0 Å². The maximum atomic E-state index is 4.12. The lowest BCUT2D eigenvalue weighted by atomic mass is 10.00. The summed E-state index contributed by atoms with van der Waals surface area (Å²) in [7, 11) is 1.93. The zero-order chi connectivity index (χ0) is 11.5. The van der Waals surface area contributed by atoms with Crippen LogP contribution in [0.2, 0.25) is 0 Å². The molecule has 1 aromatic heterocycles. The molecule has 2 rings (SSSR count). The van der Waals surface area contributed by atoms with Crippen LogP contribution in [-0.4, -0.2) is 22.5 Å². The van der Waals surface area contributed by atoms with Gasteiger partial charge in [-0.25, -0.2) is 0 Å². The van der Waals surface area contributed by atoms with Crippen LogP contribution < -0.4 is 5.32 Å². The fraction of sp³-hybridized carbons (Fsp3) is 0.333. The third kappa shape index (κ3) is 2.12. The van der Waals surface area contributed by atoms with E-state index in [9.17, 15) is 0 Å². The molecule has 1 atom stereocenters. The van der Waals surface area contributed by atoms with Crippen molar-refractivity contribution < 1.29 is 0 Å². The maximum Gasteiger partial charge on any atom is 0.104 e. The number of aromatic amines is 1. The molecule has 4 nitrogen and oxygen atoms in total. The molecule has 1 heterocycles. The average molecular weight is 216 g/mol. The van der Waals surface area contributed by atoms with Crippen molar-refractivity contribution in [3.05, 3.63) is 46.8 Å². The SMILES string of the molecule is CNC(c1cc(C)cc(C)c1)c1cn[nH]n1. The molecule has 0 aliphatic carbocycles. The first-order valence-electron chi connectivity index (χ1n) is 5.32. The lowest BCUT2D eigenvalue weighted by molar-refractivity contribution is 0.666. The van der Waals surface area contributed by atoms with Crippen molar-refractivity contribution in [3.8, 4) is 0 Å². The van der Waals surface area contributed by atoms with E-state index in [2.05, 4.69) is 52.8 Å². The van der Waals surface area contributed by atoms with Crippen molar-refractivity contribution in [2.24, 2.45) is 0 Å². The first-order chi connectivity index (χ1) is 7.70. The summed E-state index contributed by atoms with van der Waals surface area (Å²) in [6.45, 7) is 4.21. The third-order valence-corrected chi connectivity index (χ3v) is 2.60. The zero-order valence-electron chi connectivity index (χ0n) is 9.78. The molecule has 0 amide bonds. The lowest BCUT2D eigenvalue weighted by Crippen LogP contribution is -2.18. The topological polar surface area (TPSA) is 53.6 Å². The predicted molar refractivity (Wildman–Crippen MR) is 63.2 cm³/mol. The highest BCUT2D eigenvalue weighted by molar-refractivity contribution is 5.34. The largest absolute Gasteiger partial charge is 0.308 e. The number of aryl methyl sites for hydroxylation is 2. The molecule has 2 aromatic rings. The Kier molecular flexibility index (Phi) is 3.01. The van der Waals surface area contributed by atoms with Gasteiger partial charge in [0.1, 0.15) is 5.69 Å². The van der Waals surface area contributed by atoms with Crippen molar-refractivity contribution in [2.45, 2.75) is 19.9 Å². The number of hydrogen-bond acceptors (Lipinski definition) is 3. The van der Waals surface area contributed by atoms with Crippen LogP contribution in [0.4, 0.5) is 0 Å². The van der Waals surface area contributed by atoms with Crippen LogP contribution in [0, 0.1) is 13.8 Å². The Hall–Kier alpha value is -1.68. The minimum absolute atomic E-state index is 0.0948. The fourth-order valence-electron chi connectivity index (χ4n) is 2.01. The van der Waals surface area contributed by atoms with Crippen LogP contribution in [-0.2, 0) is 0 Å². The number of nitrogens with one attached hydrogen (secondary N) is 2. The number of benzene rings is 1. The van der Waals surface area contributed by atoms with Gasteiger partial charge in [-0.3, -0.25) is 0 Å². The minimum Gasteiger partial charge on any atom is -0.308 e. The molecule has 0 saturated carbocycles. The molecule has 0 spiro atoms. The van der Waals surface area contributed by atoms with E-state index < -0.39 is 0 Å². The van der Waals surface area contributed by atoms with Gasteiger partial charge in [-0.2, -0.15) is 15.4 Å². The fourth-order valence-corrected chi connectivity index (χ4v) is 2.01. The number of rotatable bonds is 3. The van der Waals surface area contributed by atoms with Gasteiger partial charge < -0.3 is 5.32 Å². The molecular weight excluding hydrogens is 200 g/mol. The van der Waals surface area contributed by atoms with Gasteiger partial charge in [-0.15, -0.1) is 0 Å². The van der Waals surface area contributed by atoms with Gasteiger partial charge in [-0.05, 0) is 26.5 Å². The van der Waals surface area contributed by atoms with Crippen LogP contribution >= 0.6 is 0 Å². The predicted octanol–water partition coefficient (Wildman–Crippen LogP) is 1.73. The summed E-state index contributed by atoms with van der Waals surface area (Å²) in [5.74, 6) is 0. The van der Waals surface area contributed by atoms with Crippen LogP contribution in [0.5, 0.6) is 0 Å². The number of aromatic nitrogens is 3. The summed E-state index contributed by atoms with van der Waals surface area (Å²) in [5.41, 5.74) is 4.65. The summed E-state index contributed by atoms with van der Waals surface area (Å²) in [5, 5.41) is 13.9. The smallest absolute Gasteiger partial charge is 0.104 e. The Morgan fingerprint density at radius 1 is 1.19 bits per heavy atom. The molecule has 0 radical (unpaired) electrons. The van der Waals surface area contributed by atoms with Crippen molar-refractivity contribution in [3.63, 3.8) is 0 Å². The van der Waals surface area contributed by atoms with Crippen LogP contribution in [0.3, 0.4) is 0 Å². The number of nitrogens with zero attached hydrogens (tertiary/aromatic N) is 2. The van der Waals surface area contributed by atoms with E-state index in [-0.39, 0.29) is 6.04 Å². The molecule has 0 saturated heterocycles. The molecular formula is C12H16N4. The Morgan fingerprint density at radius 2 is 1.88 bits per heavy atom. The quantitative estimate of drug-likeness (QED) is 0.821. The zero-order valence-corrected chi connectivity index (χ0v) is 9.78. The standard InChI is InChI=1S/C12H16N4/c1-8-4-9(2)6-10(5-8)12(13-3)11-7-14-16-15-11/h4-7,12-13H,1-3H3,(H,14,15,16). The molecule has 16 heavy (non-hydrogen) atoms. The summed E-state index contributed by atoms with van der Waals surface area (Å²) >= 11 is 0. The van der Waals surface area contributed by atoms with E-state index in [0.717, 1.165) is 5.69 Å². The first kappa shape index (κ1) is 10.8. The molecule has 0 bridgehead atoms. The molecule has 2 N–H and O–H groups in total. The summed E-state index contributed by atoms with van der Waals surface area (Å²) in [4.78, 5) is 0. The van der Waals surface area contributed by atoms with Crippen molar-refractivity contribution >= 4 is 0 Å². The van der Waals surface area contributed by atoms with E-state index in [1.165, 1.54) is 16.7 Å². The van der Waals surface area contributed by atoms with Gasteiger partial charge in [0.25, 0.3) is 0 Å². The van der Waals surface area contributed by atoms with E-state index in [0.29, 0.717) is 0 Å². The number of H-pyrrole nitrogens is 1. The van der Waals surface area contributed by atoms with Gasteiger partial charge in [0.15, 0.2) is 0 Å². The second-order valence-corrected chi connectivity index (χ2v) is 4.04. The maximum absolute atomic E-state index is 4.12. The Labute approximate surface area is 95.1 Å². The lowest BCUT2D eigenvalue weighted by Gasteiger charge is -2.15. The van der Waals surface area contributed by atoms with Crippen LogP contribution in [0.25, 0.3) is 0 Å². The molecule has 0 fully saturated rings. The van der Waals surface area contributed by atoms with E-state index in [1.54, 1.807) is 6.20 Å². The van der Waals surface area contributed by atoms with Crippen molar-refractivity contribution in [1.82, 2.24) is 20.7 Å². The van der Waals surface area contributed by atoms with Crippen LogP contribution in [0.1, 0.15) is 28.4 Å². The minimum atomic E-state index is 0.0948. The van der Waals surface area contributed by atoms with Gasteiger partial charge in [0.2, 0.25) is 0 Å². The Bertz CT molecular complexity index is 442. The molecule has 0 aliphatic heterocycles. The normalized spacial score (nSPS) is 12.7. The highest BCUT2D eigenvalue weighted by Crippen LogP contribution is 2.21. The highest BCUT2D eigenvalue weighted by Gasteiger charge is 2.14. The Balaban J connectivity index is 2.41. The average Bonchev–Trinajstić information content (AvgIpc) is 2.70. The van der Waals surface area contributed by atoms with E-state index in [4.69, 9.17) is 0 Å². The Morgan fingerprint density at radius 3 is 2.38 bits per heavy atom. The second kappa shape index (κ2) is 4.45. The summed E-state index contributed by atoms with van der Waals surface area (Å²) in [6.07, 6.45) is 1.75. The van der Waals surface area contributed by atoms with Crippen LogP contribution in [0.15, 0.2) is 24.4 Å². The highest BCUT2D eigenvalue weighted by atomic mass is 15.3. The van der Waals surface area contributed by atoms with Gasteiger partial charge in [0.05, 0.1) is 12.2 Å². The molecule has 4 heteroatoms. The second-order valence-electron chi connectivity index (χ2n) is 4.04. The monoisotopic (exact) mass is 216 g/mol. The summed E-state index contributed by atoms with van der Waals surface area (Å²) < 4.78 is 0. The van der Waals surface area contributed by atoms with Crippen molar-refractivity contribution in [2.75, 3.05) is 7.05 Å². The molecule has 84 valence electrons. The van der Waals surface area contributed by atoms with E-state index in [1.807, 2.05) is 7.05 Å². The van der Waals surface area contributed by atoms with Crippen molar-refractivity contribution in [1.29, 1.82) is 0 Å². The summed E-state index contributed by atoms with van der Waals surface area (Å²) in [6, 6.07) is 6.60. The van der Waals surface area contributed by atoms with Gasteiger partial charge in [-0.1, -0.05) is 29.3 Å². The molecule has 1 unspecified atom stereocenters. The molecule has 0 aliphatic rings. The van der Waals surface area contributed by atoms with Gasteiger partial charge >= 0.3 is 0 Å². The third-order valence-electron chi connectivity index (χ3n) is 2.60. The number of hydrogen-bond donors (Lipinski definition) is 2. The molecule has 1 aromatic carbocycles. The van der Waals surface area contributed by atoms with E-state index >= 15 is 0 Å².